The van der Waals surface area contributed by atoms with Crippen LogP contribution in [-0.4, -0.2) is 44.2 Å². The molecule has 0 spiro atoms. The third-order valence-electron chi connectivity index (χ3n) is 2.68. The second kappa shape index (κ2) is 7.87. The van der Waals surface area contributed by atoms with Crippen molar-refractivity contribution in [1.29, 1.82) is 0 Å². The van der Waals surface area contributed by atoms with E-state index < -0.39 is 38.3 Å². The van der Waals surface area contributed by atoms with E-state index in [2.05, 4.69) is 10.1 Å². The Morgan fingerprint density at radius 2 is 1.71 bits per heavy atom. The highest BCUT2D eigenvalue weighted by Gasteiger charge is 2.26. The number of carboxylic acids is 2. The highest BCUT2D eigenvalue weighted by atomic mass is 31.2. The lowest BCUT2D eigenvalue weighted by Crippen LogP contribution is -2.32. The Hall–Kier alpha value is -1.76. The molecule has 0 saturated heterocycles. The molecule has 0 amide bonds. The standard InChI is InChI=1S/C12H17N2O6P/c15-11(16)7-10(8-12(17)18)14-21(19,20)6-3-9-1-4-13-5-2-9/h1-2,4-5,10H,3,6-8H2,(H,15,16)(H,17,18)(H2,14,19,20). The Bertz CT molecular complexity index is 520. The van der Waals surface area contributed by atoms with Crippen molar-refractivity contribution >= 4 is 19.5 Å². The summed E-state index contributed by atoms with van der Waals surface area (Å²) in [6, 6.07) is 2.31. The molecule has 1 heterocycles. The van der Waals surface area contributed by atoms with Gasteiger partial charge in [0.05, 0.1) is 12.8 Å². The summed E-state index contributed by atoms with van der Waals surface area (Å²) in [5.74, 6) is -2.47. The third-order valence-corrected chi connectivity index (χ3v) is 4.28. The van der Waals surface area contributed by atoms with E-state index in [0.717, 1.165) is 5.56 Å². The first kappa shape index (κ1) is 17.3. The van der Waals surface area contributed by atoms with Crippen LogP contribution in [0.5, 0.6) is 0 Å². The van der Waals surface area contributed by atoms with E-state index >= 15 is 0 Å². The molecule has 0 fully saturated rings. The van der Waals surface area contributed by atoms with E-state index in [1.54, 1.807) is 24.5 Å². The zero-order valence-electron chi connectivity index (χ0n) is 11.2. The van der Waals surface area contributed by atoms with Crippen molar-refractivity contribution in [3.05, 3.63) is 30.1 Å². The quantitative estimate of drug-likeness (QED) is 0.489. The maximum absolute atomic E-state index is 12.0. The summed E-state index contributed by atoms with van der Waals surface area (Å²) in [4.78, 5) is 34.9. The molecule has 9 heteroatoms. The van der Waals surface area contributed by atoms with Crippen molar-refractivity contribution in [3.8, 4) is 0 Å². The Morgan fingerprint density at radius 1 is 1.19 bits per heavy atom. The van der Waals surface area contributed by atoms with Gasteiger partial charge in [0, 0.05) is 24.6 Å². The normalized spacial score (nSPS) is 13.8. The zero-order chi connectivity index (χ0) is 15.9. The Kier molecular flexibility index (Phi) is 6.48. The molecule has 8 nitrogen and oxygen atoms in total. The molecule has 1 rings (SSSR count). The average Bonchev–Trinajstić information content (AvgIpc) is 2.35. The molecule has 0 aliphatic rings. The largest absolute Gasteiger partial charge is 0.481 e. The van der Waals surface area contributed by atoms with Gasteiger partial charge < -0.3 is 15.1 Å². The fourth-order valence-electron chi connectivity index (χ4n) is 1.76. The summed E-state index contributed by atoms with van der Waals surface area (Å²) in [5, 5.41) is 19.6. The number of nitrogens with zero attached hydrogens (tertiary/aromatic N) is 1. The van der Waals surface area contributed by atoms with Crippen LogP contribution in [0.3, 0.4) is 0 Å². The number of carbonyl (C=O) groups is 2. The van der Waals surface area contributed by atoms with Crippen molar-refractivity contribution in [1.82, 2.24) is 10.1 Å². The summed E-state index contributed by atoms with van der Waals surface area (Å²) in [6.45, 7) is 0. The lowest BCUT2D eigenvalue weighted by molar-refractivity contribution is -0.139. The zero-order valence-corrected chi connectivity index (χ0v) is 12.1. The average molecular weight is 316 g/mol. The molecule has 1 aromatic rings. The molecule has 21 heavy (non-hydrogen) atoms. The second-order valence-electron chi connectivity index (χ2n) is 4.55. The molecule has 0 aromatic carbocycles. The van der Waals surface area contributed by atoms with Crippen LogP contribution >= 0.6 is 7.52 Å². The van der Waals surface area contributed by atoms with Crippen LogP contribution in [0, 0.1) is 0 Å². The van der Waals surface area contributed by atoms with Gasteiger partial charge in [0.15, 0.2) is 0 Å². The molecule has 1 atom stereocenters. The van der Waals surface area contributed by atoms with Gasteiger partial charge in [-0.1, -0.05) is 0 Å². The second-order valence-corrected chi connectivity index (χ2v) is 6.66. The number of nitrogens with one attached hydrogen (secondary N) is 1. The van der Waals surface area contributed by atoms with Gasteiger partial charge in [0.2, 0.25) is 0 Å². The maximum Gasteiger partial charge on any atom is 0.304 e. The Labute approximate surface area is 121 Å². The molecule has 1 aromatic heterocycles. The number of aryl methyl sites for hydroxylation is 1. The van der Waals surface area contributed by atoms with Crippen LogP contribution in [0.4, 0.5) is 0 Å². The Balaban J connectivity index is 2.60. The fourth-order valence-corrected chi connectivity index (χ4v) is 3.21. The Morgan fingerprint density at radius 3 is 2.19 bits per heavy atom. The van der Waals surface area contributed by atoms with E-state index in [1.165, 1.54) is 0 Å². The van der Waals surface area contributed by atoms with Gasteiger partial charge >= 0.3 is 11.9 Å². The van der Waals surface area contributed by atoms with Crippen molar-refractivity contribution in [2.24, 2.45) is 0 Å². The molecule has 1 unspecified atom stereocenters. The van der Waals surface area contributed by atoms with Gasteiger partial charge in [0.25, 0.3) is 7.52 Å². The predicted octanol–water partition coefficient (Wildman–Crippen LogP) is 0.717. The van der Waals surface area contributed by atoms with Crippen LogP contribution < -0.4 is 5.09 Å². The molecule has 0 aliphatic heterocycles. The maximum atomic E-state index is 12.0. The van der Waals surface area contributed by atoms with Crippen LogP contribution in [0.1, 0.15) is 18.4 Å². The van der Waals surface area contributed by atoms with E-state index in [0.29, 0.717) is 6.42 Å². The van der Waals surface area contributed by atoms with Crippen molar-refractivity contribution in [3.63, 3.8) is 0 Å². The minimum absolute atomic E-state index is 0.118. The monoisotopic (exact) mass is 316 g/mol. The molecule has 0 saturated carbocycles. The first-order chi connectivity index (χ1) is 9.78. The SMILES string of the molecule is O=C(O)CC(CC(=O)O)NP(=O)(O)CCc1ccncc1. The number of hydrogen-bond donors (Lipinski definition) is 4. The summed E-state index contributed by atoms with van der Waals surface area (Å²) in [5.41, 5.74) is 0.814. The van der Waals surface area contributed by atoms with Crippen LogP contribution in [0.15, 0.2) is 24.5 Å². The van der Waals surface area contributed by atoms with E-state index in [9.17, 15) is 19.0 Å². The summed E-state index contributed by atoms with van der Waals surface area (Å²) >= 11 is 0. The van der Waals surface area contributed by atoms with Gasteiger partial charge in [-0.05, 0) is 24.1 Å². The number of pyridine rings is 1. The van der Waals surface area contributed by atoms with Crippen LogP contribution in [0.2, 0.25) is 0 Å². The highest BCUT2D eigenvalue weighted by molar-refractivity contribution is 7.55. The number of hydrogen-bond acceptors (Lipinski definition) is 4. The van der Waals surface area contributed by atoms with Gasteiger partial charge in [0.1, 0.15) is 0 Å². The number of aromatic nitrogens is 1. The summed E-state index contributed by atoms with van der Waals surface area (Å²) in [6.07, 6.45) is 2.23. The molecule has 0 radical (unpaired) electrons. The minimum Gasteiger partial charge on any atom is -0.481 e. The molecule has 116 valence electrons. The van der Waals surface area contributed by atoms with Gasteiger partial charge in [-0.15, -0.1) is 0 Å². The molecular weight excluding hydrogens is 299 g/mol. The van der Waals surface area contributed by atoms with E-state index in [1.807, 2.05) is 0 Å². The van der Waals surface area contributed by atoms with E-state index in [4.69, 9.17) is 10.2 Å². The number of carboxylic acid groups (broad SMARTS) is 2. The summed E-state index contributed by atoms with van der Waals surface area (Å²) < 4.78 is 12.0. The topological polar surface area (TPSA) is 137 Å². The number of rotatable bonds is 9. The van der Waals surface area contributed by atoms with E-state index in [-0.39, 0.29) is 6.16 Å². The summed E-state index contributed by atoms with van der Waals surface area (Å²) in [7, 11) is -3.82. The van der Waals surface area contributed by atoms with Crippen molar-refractivity contribution in [2.45, 2.75) is 25.3 Å². The van der Waals surface area contributed by atoms with Gasteiger partial charge in [-0.25, -0.2) is 5.09 Å². The van der Waals surface area contributed by atoms with Crippen molar-refractivity contribution < 1.29 is 29.3 Å². The minimum atomic E-state index is -3.82. The van der Waals surface area contributed by atoms with Crippen LogP contribution in [0.25, 0.3) is 0 Å². The molecule has 4 N–H and O–H groups in total. The molecule has 0 aliphatic carbocycles. The highest BCUT2D eigenvalue weighted by Crippen LogP contribution is 2.37. The first-order valence-corrected chi connectivity index (χ1v) is 8.05. The lowest BCUT2D eigenvalue weighted by atomic mass is 10.1. The smallest absolute Gasteiger partial charge is 0.304 e. The lowest BCUT2D eigenvalue weighted by Gasteiger charge is -2.19. The van der Waals surface area contributed by atoms with Crippen molar-refractivity contribution in [2.75, 3.05) is 6.16 Å². The van der Waals surface area contributed by atoms with Gasteiger partial charge in [-0.2, -0.15) is 0 Å². The predicted molar refractivity (Wildman–Crippen MR) is 74.1 cm³/mol. The molecule has 0 bridgehead atoms. The number of aliphatic carboxylic acids is 2. The van der Waals surface area contributed by atoms with Gasteiger partial charge in [-0.3, -0.25) is 19.1 Å². The first-order valence-electron chi connectivity index (χ1n) is 6.20. The van der Waals surface area contributed by atoms with Crippen LogP contribution in [-0.2, 0) is 20.6 Å². The third kappa shape index (κ3) is 7.55. The molecular formula is C12H17N2O6P. The fraction of sp³-hybridized carbons (Fsp3) is 0.417.